The summed E-state index contributed by atoms with van der Waals surface area (Å²) in [5, 5.41) is 0. The summed E-state index contributed by atoms with van der Waals surface area (Å²) in [4.78, 5) is 13.7. The van der Waals surface area contributed by atoms with Crippen LogP contribution in [0.5, 0.6) is 0 Å². The molecule has 0 aliphatic heterocycles. The first-order chi connectivity index (χ1) is 11.2. The van der Waals surface area contributed by atoms with Crippen molar-refractivity contribution < 1.29 is 9.00 Å². The highest BCUT2D eigenvalue weighted by Crippen LogP contribution is 2.36. The van der Waals surface area contributed by atoms with E-state index in [0.717, 1.165) is 28.9 Å². The van der Waals surface area contributed by atoms with Gasteiger partial charge in [0.2, 0.25) is 0 Å². The second-order valence-corrected chi connectivity index (χ2v) is 9.03. The first-order valence-corrected chi connectivity index (χ1v) is 10.2. The largest absolute Gasteiger partial charge is 0.294 e. The number of ketones is 1. The van der Waals surface area contributed by atoms with Crippen LogP contribution in [-0.2, 0) is 15.6 Å². The summed E-state index contributed by atoms with van der Waals surface area (Å²) in [6.45, 7) is 12.9. The minimum Gasteiger partial charge on any atom is -0.294 e. The summed E-state index contributed by atoms with van der Waals surface area (Å²) < 4.78 is 13.4. The highest BCUT2D eigenvalue weighted by atomic mass is 32.2. The summed E-state index contributed by atoms with van der Waals surface area (Å²) in [6, 6.07) is 4.39. The van der Waals surface area contributed by atoms with E-state index >= 15 is 0 Å². The molecule has 0 spiro atoms. The SMILES string of the molecule is CC(C)c1cc(C(C)C)c([S@](=O)C2=CCCCC2=O)c(C(C)C)c1. The molecule has 132 valence electrons. The van der Waals surface area contributed by atoms with E-state index in [2.05, 4.69) is 53.7 Å². The number of hydrogen-bond donors (Lipinski definition) is 0. The van der Waals surface area contributed by atoms with Gasteiger partial charge in [-0.05, 0) is 47.3 Å². The molecule has 1 aromatic carbocycles. The molecule has 0 saturated carbocycles. The van der Waals surface area contributed by atoms with Crippen molar-refractivity contribution >= 4 is 16.6 Å². The second kappa shape index (κ2) is 7.77. The van der Waals surface area contributed by atoms with E-state index in [1.54, 1.807) is 0 Å². The van der Waals surface area contributed by atoms with Crippen molar-refractivity contribution in [1.82, 2.24) is 0 Å². The van der Waals surface area contributed by atoms with Gasteiger partial charge in [-0.2, -0.15) is 0 Å². The van der Waals surface area contributed by atoms with E-state index in [0.29, 0.717) is 17.2 Å². The van der Waals surface area contributed by atoms with Crippen molar-refractivity contribution in [3.63, 3.8) is 0 Å². The fourth-order valence-electron chi connectivity index (χ4n) is 3.13. The lowest BCUT2D eigenvalue weighted by molar-refractivity contribution is -0.115. The molecule has 0 saturated heterocycles. The van der Waals surface area contributed by atoms with Crippen molar-refractivity contribution in [2.75, 3.05) is 0 Å². The van der Waals surface area contributed by atoms with Crippen LogP contribution in [0.15, 0.2) is 28.0 Å². The Morgan fingerprint density at radius 2 is 1.46 bits per heavy atom. The van der Waals surface area contributed by atoms with Crippen molar-refractivity contribution in [3.05, 3.63) is 39.8 Å². The standard InChI is InChI=1S/C21H30O2S/c1-13(2)16-11-17(14(3)4)21(18(12-16)15(5)6)24(23)20-10-8-7-9-19(20)22/h10-15H,7-9H2,1-6H3/t24-/m1/s1. The van der Waals surface area contributed by atoms with Gasteiger partial charge in [0, 0.05) is 6.42 Å². The Labute approximate surface area is 149 Å². The van der Waals surface area contributed by atoms with Gasteiger partial charge in [-0.1, -0.05) is 59.8 Å². The van der Waals surface area contributed by atoms with Gasteiger partial charge in [0.25, 0.3) is 0 Å². The minimum atomic E-state index is -1.37. The molecule has 0 unspecified atom stereocenters. The van der Waals surface area contributed by atoms with Crippen LogP contribution in [0.1, 0.15) is 95.2 Å². The summed E-state index contributed by atoms with van der Waals surface area (Å²) >= 11 is 0. The number of hydrogen-bond acceptors (Lipinski definition) is 2. The molecule has 0 amide bonds. The molecule has 24 heavy (non-hydrogen) atoms. The lowest BCUT2D eigenvalue weighted by atomic mass is 9.89. The van der Waals surface area contributed by atoms with Gasteiger partial charge >= 0.3 is 0 Å². The maximum atomic E-state index is 13.4. The molecule has 2 nitrogen and oxygen atoms in total. The first-order valence-electron chi connectivity index (χ1n) is 9.06. The Bertz CT molecular complexity index is 652. The molecule has 2 rings (SSSR count). The van der Waals surface area contributed by atoms with Crippen LogP contribution in [0.4, 0.5) is 0 Å². The zero-order valence-electron chi connectivity index (χ0n) is 15.8. The predicted molar refractivity (Wildman–Crippen MR) is 102 cm³/mol. The maximum absolute atomic E-state index is 13.4. The van der Waals surface area contributed by atoms with E-state index in [9.17, 15) is 9.00 Å². The lowest BCUT2D eigenvalue weighted by Crippen LogP contribution is -2.16. The van der Waals surface area contributed by atoms with Crippen molar-refractivity contribution in [3.8, 4) is 0 Å². The fourth-order valence-corrected chi connectivity index (χ4v) is 4.94. The predicted octanol–water partition coefficient (Wildman–Crippen LogP) is 5.80. The molecule has 1 aliphatic rings. The highest BCUT2D eigenvalue weighted by molar-refractivity contribution is 7.90. The van der Waals surface area contributed by atoms with Crippen LogP contribution in [-0.4, -0.2) is 9.99 Å². The quantitative estimate of drug-likeness (QED) is 0.675. The molecule has 0 bridgehead atoms. The number of allylic oxidation sites excluding steroid dienone is 2. The van der Waals surface area contributed by atoms with Crippen LogP contribution < -0.4 is 0 Å². The smallest absolute Gasteiger partial charge is 0.171 e. The van der Waals surface area contributed by atoms with Gasteiger partial charge in [0.15, 0.2) is 5.78 Å². The summed E-state index contributed by atoms with van der Waals surface area (Å²) in [5.74, 6) is 1.04. The van der Waals surface area contributed by atoms with Gasteiger partial charge in [-0.3, -0.25) is 4.79 Å². The summed E-state index contributed by atoms with van der Waals surface area (Å²) in [6.07, 6.45) is 4.15. The van der Waals surface area contributed by atoms with Crippen LogP contribution in [0.3, 0.4) is 0 Å². The molecule has 1 aliphatic carbocycles. The van der Waals surface area contributed by atoms with Crippen molar-refractivity contribution in [2.45, 2.75) is 83.5 Å². The van der Waals surface area contributed by atoms with Gasteiger partial charge in [-0.25, -0.2) is 4.21 Å². The molecule has 0 aromatic heterocycles. The molecular weight excluding hydrogens is 316 g/mol. The number of benzene rings is 1. The normalized spacial score (nSPS) is 16.9. The Morgan fingerprint density at radius 3 is 1.88 bits per heavy atom. The number of rotatable bonds is 5. The fraction of sp³-hybridized carbons (Fsp3) is 0.571. The van der Waals surface area contributed by atoms with Gasteiger partial charge < -0.3 is 0 Å². The number of carbonyl (C=O) groups is 1. The van der Waals surface area contributed by atoms with Gasteiger partial charge in [0.05, 0.1) is 20.6 Å². The van der Waals surface area contributed by atoms with E-state index in [4.69, 9.17) is 0 Å². The van der Waals surface area contributed by atoms with Crippen LogP contribution in [0.2, 0.25) is 0 Å². The van der Waals surface area contributed by atoms with E-state index < -0.39 is 10.8 Å². The molecule has 1 atom stereocenters. The molecule has 3 heteroatoms. The second-order valence-electron chi connectivity index (χ2n) is 7.65. The van der Waals surface area contributed by atoms with E-state index in [-0.39, 0.29) is 17.6 Å². The maximum Gasteiger partial charge on any atom is 0.171 e. The molecular formula is C21H30O2S. The van der Waals surface area contributed by atoms with Gasteiger partial charge in [-0.15, -0.1) is 0 Å². The highest BCUT2D eigenvalue weighted by Gasteiger charge is 2.27. The minimum absolute atomic E-state index is 0.0527. The molecule has 1 aromatic rings. The van der Waals surface area contributed by atoms with Gasteiger partial charge in [0.1, 0.15) is 0 Å². The monoisotopic (exact) mass is 346 g/mol. The zero-order valence-corrected chi connectivity index (χ0v) is 16.6. The Hall–Kier alpha value is -1.22. The number of Topliss-reactive ketones (excluding diaryl/α,β-unsaturated/α-hetero) is 1. The van der Waals surface area contributed by atoms with Crippen molar-refractivity contribution in [1.29, 1.82) is 0 Å². The summed E-state index contributed by atoms with van der Waals surface area (Å²) in [5.41, 5.74) is 3.54. The van der Waals surface area contributed by atoms with Crippen LogP contribution >= 0.6 is 0 Å². The first kappa shape index (κ1) is 19.1. The van der Waals surface area contributed by atoms with Crippen LogP contribution in [0, 0.1) is 0 Å². The molecule has 0 N–H and O–H groups in total. The lowest BCUT2D eigenvalue weighted by Gasteiger charge is -2.23. The third kappa shape index (κ3) is 3.88. The molecule has 0 radical (unpaired) electrons. The average Bonchev–Trinajstić information content (AvgIpc) is 2.53. The van der Waals surface area contributed by atoms with E-state index in [1.807, 2.05) is 6.08 Å². The summed E-state index contributed by atoms with van der Waals surface area (Å²) in [7, 11) is -1.37. The van der Waals surface area contributed by atoms with Crippen molar-refractivity contribution in [2.24, 2.45) is 0 Å². The Balaban J connectivity index is 2.68. The third-order valence-corrected chi connectivity index (χ3v) is 6.31. The zero-order chi connectivity index (χ0) is 18.0. The topological polar surface area (TPSA) is 34.1 Å². The van der Waals surface area contributed by atoms with Crippen LogP contribution in [0.25, 0.3) is 0 Å². The van der Waals surface area contributed by atoms with E-state index in [1.165, 1.54) is 5.56 Å². The number of carbonyl (C=O) groups excluding carboxylic acids is 1. The molecule has 0 fully saturated rings. The molecule has 0 heterocycles. The Morgan fingerprint density at radius 1 is 0.917 bits per heavy atom. The Kier molecular flexibility index (Phi) is 6.19. The average molecular weight is 347 g/mol. The third-order valence-electron chi connectivity index (χ3n) is 4.68.